The van der Waals surface area contributed by atoms with Gasteiger partial charge >= 0.3 is 6.18 Å². The Hall–Kier alpha value is -1.28. The van der Waals surface area contributed by atoms with Crippen LogP contribution in [-0.4, -0.2) is 20.5 Å². The molecule has 1 rings (SSSR count). The molecule has 0 aliphatic carbocycles. The van der Waals surface area contributed by atoms with E-state index in [2.05, 4.69) is 5.32 Å². The molecule has 1 N–H and O–H groups in total. The van der Waals surface area contributed by atoms with Crippen molar-refractivity contribution in [3.63, 3.8) is 0 Å². The van der Waals surface area contributed by atoms with Crippen LogP contribution in [0.25, 0.3) is 0 Å². The van der Waals surface area contributed by atoms with Gasteiger partial charge < -0.3 is 5.32 Å². The molecule has 4 nitrogen and oxygen atoms in total. The largest absolute Gasteiger partial charge is 0.397 e. The van der Waals surface area contributed by atoms with Crippen LogP contribution in [0.5, 0.6) is 0 Å². The molecule has 0 saturated heterocycles. The van der Waals surface area contributed by atoms with E-state index < -0.39 is 33.6 Å². The van der Waals surface area contributed by atoms with Crippen LogP contribution in [0, 0.1) is 0 Å². The zero-order valence-corrected chi connectivity index (χ0v) is 11.8. The number of hydrogen-bond donors (Lipinski definition) is 1. The summed E-state index contributed by atoms with van der Waals surface area (Å²) in [7, 11) is 1.27. The minimum Gasteiger partial charge on any atom is -0.349 e. The zero-order valence-electron chi connectivity index (χ0n) is 10.2. The highest BCUT2D eigenvalue weighted by Crippen LogP contribution is 2.21. The molecule has 0 aromatic heterocycles. The average molecular weight is 330 g/mol. The van der Waals surface area contributed by atoms with Gasteiger partial charge in [-0.2, -0.15) is 13.2 Å². The Morgan fingerprint density at radius 3 is 2.20 bits per heavy atom. The molecule has 0 fully saturated rings. The topological polar surface area (TPSA) is 63.2 Å². The van der Waals surface area contributed by atoms with Gasteiger partial charge in [0.1, 0.15) is 6.42 Å². The van der Waals surface area contributed by atoms with E-state index in [0.717, 1.165) is 0 Å². The minimum absolute atomic E-state index is 0.128. The fourth-order valence-electron chi connectivity index (χ4n) is 1.48. The summed E-state index contributed by atoms with van der Waals surface area (Å²) in [5, 5.41) is 2.17. The van der Waals surface area contributed by atoms with E-state index in [9.17, 15) is 26.4 Å². The van der Waals surface area contributed by atoms with Crippen LogP contribution in [0.15, 0.2) is 29.2 Å². The number of carbonyl (C=O) groups is 1. The molecule has 1 aromatic carbocycles. The second kappa shape index (κ2) is 6.01. The van der Waals surface area contributed by atoms with Crippen molar-refractivity contribution in [1.29, 1.82) is 0 Å². The van der Waals surface area contributed by atoms with E-state index in [1.165, 1.54) is 31.2 Å². The van der Waals surface area contributed by atoms with Crippen molar-refractivity contribution in [3.05, 3.63) is 29.8 Å². The van der Waals surface area contributed by atoms with Crippen LogP contribution in [0.2, 0.25) is 0 Å². The fourth-order valence-corrected chi connectivity index (χ4v) is 2.25. The van der Waals surface area contributed by atoms with Gasteiger partial charge in [-0.15, -0.1) is 0 Å². The molecule has 0 bridgehead atoms. The van der Waals surface area contributed by atoms with E-state index in [1.807, 2.05) is 0 Å². The molecule has 1 amide bonds. The van der Waals surface area contributed by atoms with Crippen LogP contribution in [0.4, 0.5) is 13.2 Å². The lowest BCUT2D eigenvalue weighted by Gasteiger charge is -2.15. The number of alkyl halides is 3. The number of benzene rings is 1. The SMILES string of the molecule is CC(NC(=O)CC(F)(F)F)c1ccc(S(=O)(=O)Cl)cc1. The Labute approximate surface area is 118 Å². The van der Waals surface area contributed by atoms with Crippen molar-refractivity contribution in [2.45, 2.75) is 30.5 Å². The summed E-state index contributed by atoms with van der Waals surface area (Å²) >= 11 is 0. The summed E-state index contributed by atoms with van der Waals surface area (Å²) < 4.78 is 58.0. The van der Waals surface area contributed by atoms with Crippen molar-refractivity contribution in [2.24, 2.45) is 0 Å². The Kier molecular flexibility index (Phi) is 5.04. The van der Waals surface area contributed by atoms with Gasteiger partial charge in [0.15, 0.2) is 0 Å². The summed E-state index contributed by atoms with van der Waals surface area (Å²) in [6.45, 7) is 1.48. The number of halogens is 4. The van der Waals surface area contributed by atoms with Crippen LogP contribution >= 0.6 is 10.7 Å². The highest BCUT2D eigenvalue weighted by molar-refractivity contribution is 8.13. The molecule has 1 aromatic rings. The maximum Gasteiger partial charge on any atom is 0.397 e. The standard InChI is InChI=1S/C11H11ClF3NO3S/c1-7(16-10(17)6-11(13,14)15)8-2-4-9(5-3-8)20(12,18)19/h2-5,7H,6H2,1H3,(H,16,17). The molecular weight excluding hydrogens is 319 g/mol. The number of hydrogen-bond acceptors (Lipinski definition) is 3. The normalized spacial score (nSPS) is 13.8. The van der Waals surface area contributed by atoms with E-state index >= 15 is 0 Å². The van der Waals surface area contributed by atoms with Gasteiger partial charge in [0, 0.05) is 10.7 Å². The minimum atomic E-state index is -4.57. The van der Waals surface area contributed by atoms with Crippen molar-refractivity contribution < 1.29 is 26.4 Å². The van der Waals surface area contributed by atoms with Crippen molar-refractivity contribution in [1.82, 2.24) is 5.32 Å². The summed E-state index contributed by atoms with van der Waals surface area (Å²) in [5.74, 6) is -1.15. The lowest BCUT2D eigenvalue weighted by Crippen LogP contribution is -2.30. The van der Waals surface area contributed by atoms with E-state index in [0.29, 0.717) is 5.56 Å². The first-order valence-electron chi connectivity index (χ1n) is 5.40. The predicted molar refractivity (Wildman–Crippen MR) is 66.7 cm³/mol. The molecule has 0 heterocycles. The van der Waals surface area contributed by atoms with E-state index in [4.69, 9.17) is 10.7 Å². The summed E-state index contributed by atoms with van der Waals surface area (Å²) in [6.07, 6.45) is -6.13. The Morgan fingerprint density at radius 2 is 1.80 bits per heavy atom. The molecule has 1 unspecified atom stereocenters. The fraction of sp³-hybridized carbons (Fsp3) is 0.364. The molecule has 0 aliphatic heterocycles. The molecule has 0 spiro atoms. The highest BCUT2D eigenvalue weighted by Gasteiger charge is 2.31. The van der Waals surface area contributed by atoms with Crippen molar-refractivity contribution in [3.8, 4) is 0 Å². The number of carbonyl (C=O) groups excluding carboxylic acids is 1. The van der Waals surface area contributed by atoms with Gasteiger partial charge in [-0.1, -0.05) is 12.1 Å². The van der Waals surface area contributed by atoms with Gasteiger partial charge in [0.25, 0.3) is 9.05 Å². The molecule has 0 radical (unpaired) electrons. The lowest BCUT2D eigenvalue weighted by atomic mass is 10.1. The van der Waals surface area contributed by atoms with Gasteiger partial charge in [-0.3, -0.25) is 4.79 Å². The molecule has 1 atom stereocenters. The van der Waals surface area contributed by atoms with Crippen LogP contribution in [0.1, 0.15) is 24.9 Å². The third kappa shape index (κ3) is 5.38. The Balaban J connectivity index is 2.74. The molecule has 0 saturated carbocycles. The lowest BCUT2D eigenvalue weighted by molar-refractivity contribution is -0.154. The summed E-state index contributed by atoms with van der Waals surface area (Å²) in [4.78, 5) is 11.0. The maximum absolute atomic E-state index is 12.0. The van der Waals surface area contributed by atoms with Gasteiger partial charge in [0.05, 0.1) is 10.9 Å². The van der Waals surface area contributed by atoms with Crippen molar-refractivity contribution >= 4 is 25.6 Å². The first-order chi connectivity index (χ1) is 8.99. The number of rotatable bonds is 4. The van der Waals surface area contributed by atoms with Gasteiger partial charge in [-0.05, 0) is 24.6 Å². The van der Waals surface area contributed by atoms with Gasteiger partial charge in [-0.25, -0.2) is 8.42 Å². The second-order valence-corrected chi connectivity index (χ2v) is 6.65. The molecule has 20 heavy (non-hydrogen) atoms. The summed E-state index contributed by atoms with van der Waals surface area (Å²) in [6, 6.07) is 4.48. The second-order valence-electron chi connectivity index (χ2n) is 4.09. The molecular formula is C11H11ClF3NO3S. The molecule has 9 heteroatoms. The first-order valence-corrected chi connectivity index (χ1v) is 7.71. The van der Waals surface area contributed by atoms with Gasteiger partial charge in [0.2, 0.25) is 5.91 Å². The summed E-state index contributed by atoms with van der Waals surface area (Å²) in [5.41, 5.74) is 0.463. The smallest absolute Gasteiger partial charge is 0.349 e. The average Bonchev–Trinajstić information content (AvgIpc) is 2.25. The monoisotopic (exact) mass is 329 g/mol. The highest BCUT2D eigenvalue weighted by atomic mass is 35.7. The maximum atomic E-state index is 12.0. The molecule has 112 valence electrons. The number of nitrogens with one attached hydrogen (secondary N) is 1. The molecule has 0 aliphatic rings. The van der Waals surface area contributed by atoms with Crippen LogP contribution in [-0.2, 0) is 13.8 Å². The first kappa shape index (κ1) is 16.8. The Bertz CT molecular complexity index is 584. The third-order valence-corrected chi connectivity index (χ3v) is 3.77. The van der Waals surface area contributed by atoms with Crippen LogP contribution < -0.4 is 5.32 Å². The zero-order chi connectivity index (χ0) is 15.6. The quantitative estimate of drug-likeness (QED) is 0.864. The third-order valence-electron chi connectivity index (χ3n) is 2.40. The predicted octanol–water partition coefficient (Wildman–Crippen LogP) is 2.74. The van der Waals surface area contributed by atoms with Crippen LogP contribution in [0.3, 0.4) is 0 Å². The Morgan fingerprint density at radius 1 is 1.30 bits per heavy atom. The van der Waals surface area contributed by atoms with E-state index in [-0.39, 0.29) is 4.90 Å². The van der Waals surface area contributed by atoms with Crippen molar-refractivity contribution in [2.75, 3.05) is 0 Å². The van der Waals surface area contributed by atoms with E-state index in [1.54, 1.807) is 0 Å². The number of amides is 1.